The van der Waals surface area contributed by atoms with E-state index in [1.165, 1.54) is 0 Å². The molecule has 0 N–H and O–H groups in total. The highest BCUT2D eigenvalue weighted by Gasteiger charge is 2.26. The molecule has 1 aliphatic heterocycles. The largest absolute Gasteiger partial charge is 0.448 e. The van der Waals surface area contributed by atoms with Gasteiger partial charge in [-0.3, -0.25) is 0 Å². The molecule has 0 radical (unpaired) electrons. The maximum absolute atomic E-state index is 6.24. The number of benzene rings is 2. The van der Waals surface area contributed by atoms with Crippen molar-refractivity contribution in [3.63, 3.8) is 0 Å². The van der Waals surface area contributed by atoms with E-state index >= 15 is 0 Å². The first-order valence-electron chi connectivity index (χ1n) is 4.99. The second-order valence-electron chi connectivity index (χ2n) is 3.73. The van der Waals surface area contributed by atoms with Gasteiger partial charge in [-0.25, -0.2) is 0 Å². The van der Waals surface area contributed by atoms with Gasteiger partial charge in [-0.1, -0.05) is 39.1 Å². The molecule has 0 saturated carbocycles. The lowest BCUT2D eigenvalue weighted by atomic mass is 10.2. The molecule has 0 saturated heterocycles. The van der Waals surface area contributed by atoms with Crippen LogP contribution in [0.3, 0.4) is 0 Å². The van der Waals surface area contributed by atoms with Gasteiger partial charge in [-0.15, -0.1) is 0 Å². The highest BCUT2D eigenvalue weighted by atomic mass is 79.9. The van der Waals surface area contributed by atoms with Crippen LogP contribution >= 0.6 is 71.0 Å². The van der Waals surface area contributed by atoms with Crippen LogP contribution in [0.4, 0.5) is 0 Å². The molecule has 2 aromatic rings. The van der Waals surface area contributed by atoms with Gasteiger partial charge in [0, 0.05) is 15.0 Å². The molecular weight excluding hydrogens is 487 g/mol. The number of halogens is 5. The lowest BCUT2D eigenvalue weighted by Crippen LogP contribution is -2.01. The Hall–Kier alpha value is 0.0600. The average molecular weight is 490 g/mol. The molecule has 19 heavy (non-hydrogen) atoms. The van der Waals surface area contributed by atoms with E-state index in [0.29, 0.717) is 37.5 Å². The van der Waals surface area contributed by atoms with Gasteiger partial charge in [0.2, 0.25) is 0 Å². The number of ether oxygens (including phenoxy) is 2. The molecule has 0 unspecified atom stereocenters. The van der Waals surface area contributed by atoms with E-state index in [2.05, 4.69) is 47.8 Å². The molecule has 0 aromatic heterocycles. The Morgan fingerprint density at radius 2 is 1.47 bits per heavy atom. The summed E-state index contributed by atoms with van der Waals surface area (Å²) in [5.41, 5.74) is 0. The summed E-state index contributed by atoms with van der Waals surface area (Å²) in [6.45, 7) is 0. The maximum atomic E-state index is 6.24. The summed E-state index contributed by atoms with van der Waals surface area (Å²) < 4.78 is 13.8. The van der Waals surface area contributed by atoms with Crippen LogP contribution in [0.15, 0.2) is 31.6 Å². The second kappa shape index (κ2) is 5.11. The van der Waals surface area contributed by atoms with Crippen LogP contribution in [0.25, 0.3) is 0 Å². The van der Waals surface area contributed by atoms with E-state index in [1.54, 1.807) is 18.2 Å². The van der Waals surface area contributed by atoms with Crippen molar-refractivity contribution in [2.24, 2.45) is 0 Å². The van der Waals surface area contributed by atoms with Crippen molar-refractivity contribution in [1.29, 1.82) is 0 Å². The quantitative estimate of drug-likeness (QED) is 0.311. The lowest BCUT2D eigenvalue weighted by molar-refractivity contribution is 0.359. The van der Waals surface area contributed by atoms with E-state index in [1.807, 2.05) is 0 Å². The highest BCUT2D eigenvalue weighted by molar-refractivity contribution is 9.13. The Morgan fingerprint density at radius 3 is 2.21 bits per heavy atom. The normalized spacial score (nSPS) is 12.3. The zero-order chi connectivity index (χ0) is 13.7. The zero-order valence-electron chi connectivity index (χ0n) is 8.94. The minimum atomic E-state index is 0.436. The van der Waals surface area contributed by atoms with Crippen molar-refractivity contribution in [3.8, 4) is 23.0 Å². The molecule has 0 fully saturated rings. The van der Waals surface area contributed by atoms with Crippen molar-refractivity contribution >= 4 is 71.0 Å². The minimum Gasteiger partial charge on any atom is -0.448 e. The summed E-state index contributed by atoms with van der Waals surface area (Å²) in [7, 11) is 0. The van der Waals surface area contributed by atoms with Crippen LogP contribution < -0.4 is 9.47 Å². The Balaban J connectivity index is 2.20. The number of hydrogen-bond acceptors (Lipinski definition) is 2. The van der Waals surface area contributed by atoms with Gasteiger partial charge in [0.05, 0.1) is 9.50 Å². The second-order valence-corrected chi connectivity index (χ2v) is 7.08. The summed E-state index contributed by atoms with van der Waals surface area (Å²) in [5, 5.41) is 0.899. The Labute approximate surface area is 144 Å². The standard InChI is InChI=1S/C12H3Br3Cl2O2/c13-4-1-6(16)11-7(2-4)19-12-8(18-11)3-5(14)9(15)10(12)17/h1-3H. The van der Waals surface area contributed by atoms with Crippen molar-refractivity contribution in [2.75, 3.05) is 0 Å². The molecule has 7 heteroatoms. The fraction of sp³-hybridized carbons (Fsp3) is 0. The SMILES string of the molecule is Clc1cc(Br)cc2c1Oc1cc(Br)c(Br)c(Cl)c1O2. The fourth-order valence-electron chi connectivity index (χ4n) is 1.66. The van der Waals surface area contributed by atoms with Gasteiger partial charge in [0.1, 0.15) is 5.02 Å². The summed E-state index contributed by atoms with van der Waals surface area (Å²) in [6.07, 6.45) is 0. The summed E-state index contributed by atoms with van der Waals surface area (Å²) in [4.78, 5) is 0. The summed E-state index contributed by atoms with van der Waals surface area (Å²) >= 11 is 22.5. The van der Waals surface area contributed by atoms with Crippen LogP contribution in [0, 0.1) is 0 Å². The first kappa shape index (κ1) is 14.0. The Morgan fingerprint density at radius 1 is 0.842 bits per heavy atom. The summed E-state index contributed by atoms with van der Waals surface area (Å²) in [5.74, 6) is 1.96. The molecule has 2 nitrogen and oxygen atoms in total. The van der Waals surface area contributed by atoms with Crippen LogP contribution in [0.1, 0.15) is 0 Å². The summed E-state index contributed by atoms with van der Waals surface area (Å²) in [6, 6.07) is 5.29. The monoisotopic (exact) mass is 486 g/mol. The smallest absolute Gasteiger partial charge is 0.189 e. The third kappa shape index (κ3) is 2.40. The first-order valence-corrected chi connectivity index (χ1v) is 8.13. The fourth-order valence-corrected chi connectivity index (χ4v) is 3.53. The minimum absolute atomic E-state index is 0.436. The van der Waals surface area contributed by atoms with E-state index in [9.17, 15) is 0 Å². The topological polar surface area (TPSA) is 18.5 Å². The molecule has 0 aliphatic carbocycles. The van der Waals surface area contributed by atoms with Crippen LogP contribution in [0.2, 0.25) is 10.0 Å². The van der Waals surface area contributed by atoms with Crippen molar-refractivity contribution in [2.45, 2.75) is 0 Å². The van der Waals surface area contributed by atoms with Gasteiger partial charge in [0.25, 0.3) is 0 Å². The predicted molar refractivity (Wildman–Crippen MR) is 86.2 cm³/mol. The molecular formula is C12H3Br3Cl2O2. The van der Waals surface area contributed by atoms with E-state index in [4.69, 9.17) is 32.7 Å². The van der Waals surface area contributed by atoms with E-state index < -0.39 is 0 Å². The molecule has 2 aromatic carbocycles. The third-order valence-corrected chi connectivity index (χ3v) is 5.79. The molecule has 0 spiro atoms. The lowest BCUT2D eigenvalue weighted by Gasteiger charge is -2.23. The Bertz CT molecular complexity index is 704. The van der Waals surface area contributed by atoms with Gasteiger partial charge < -0.3 is 9.47 Å². The van der Waals surface area contributed by atoms with E-state index in [-0.39, 0.29) is 0 Å². The third-order valence-electron chi connectivity index (χ3n) is 2.48. The van der Waals surface area contributed by atoms with Crippen LogP contribution in [-0.2, 0) is 0 Å². The van der Waals surface area contributed by atoms with Crippen molar-refractivity contribution in [1.82, 2.24) is 0 Å². The molecule has 3 rings (SSSR count). The molecule has 0 amide bonds. The predicted octanol–water partition coefficient (Wildman–Crippen LogP) is 7.18. The number of fused-ring (bicyclic) bond motifs is 2. The highest BCUT2D eigenvalue weighted by Crippen LogP contribution is 2.54. The van der Waals surface area contributed by atoms with Crippen LogP contribution in [-0.4, -0.2) is 0 Å². The van der Waals surface area contributed by atoms with Gasteiger partial charge in [0.15, 0.2) is 23.0 Å². The average Bonchev–Trinajstić information content (AvgIpc) is 2.35. The molecule has 1 heterocycles. The zero-order valence-corrected chi connectivity index (χ0v) is 15.2. The van der Waals surface area contributed by atoms with E-state index in [0.717, 1.165) is 8.95 Å². The molecule has 1 aliphatic rings. The van der Waals surface area contributed by atoms with Crippen molar-refractivity contribution in [3.05, 3.63) is 41.7 Å². The van der Waals surface area contributed by atoms with Crippen LogP contribution in [0.5, 0.6) is 23.0 Å². The first-order chi connectivity index (χ1) is 8.97. The van der Waals surface area contributed by atoms with Gasteiger partial charge in [-0.05, 0) is 44.0 Å². The number of rotatable bonds is 0. The van der Waals surface area contributed by atoms with Crippen molar-refractivity contribution < 1.29 is 9.47 Å². The molecule has 98 valence electrons. The maximum Gasteiger partial charge on any atom is 0.189 e. The Kier molecular flexibility index (Phi) is 3.77. The van der Waals surface area contributed by atoms with Gasteiger partial charge >= 0.3 is 0 Å². The molecule has 0 atom stereocenters. The van der Waals surface area contributed by atoms with Gasteiger partial charge in [-0.2, -0.15) is 0 Å². The molecule has 0 bridgehead atoms. The number of hydrogen-bond donors (Lipinski definition) is 0.